The van der Waals surface area contributed by atoms with Crippen molar-refractivity contribution in [3.05, 3.63) is 0 Å². The van der Waals surface area contributed by atoms with Crippen LogP contribution in [0.5, 0.6) is 0 Å². The second-order valence-electron chi connectivity index (χ2n) is 5.88. The molecule has 0 heterocycles. The standard InChI is InChI=1S/C16H28N2O/c1-4-7-13-8-10-14(11-9-13)18-15(19)16(5-2,6-3)12-17/h13-14H,4-11H2,1-3H3,(H,18,19). The molecule has 1 rings (SSSR count). The lowest BCUT2D eigenvalue weighted by atomic mass is 9.80. The summed E-state index contributed by atoms with van der Waals surface area (Å²) in [4.78, 5) is 12.3. The summed E-state index contributed by atoms with van der Waals surface area (Å²) in [5.41, 5.74) is -0.819. The SMILES string of the molecule is CCCC1CCC(NC(=O)C(C#N)(CC)CC)CC1. The van der Waals surface area contributed by atoms with Crippen LogP contribution in [0.3, 0.4) is 0 Å². The molecule has 0 aliphatic heterocycles. The van der Waals surface area contributed by atoms with Crippen molar-refractivity contribution in [3.8, 4) is 6.07 Å². The zero-order chi connectivity index (χ0) is 14.3. The molecular weight excluding hydrogens is 236 g/mol. The number of nitriles is 1. The van der Waals surface area contributed by atoms with Crippen molar-refractivity contribution in [2.45, 2.75) is 78.2 Å². The van der Waals surface area contributed by atoms with Crippen LogP contribution >= 0.6 is 0 Å². The normalized spacial score (nSPS) is 23.7. The van der Waals surface area contributed by atoms with E-state index in [9.17, 15) is 10.1 Å². The Hall–Kier alpha value is -1.04. The van der Waals surface area contributed by atoms with Crippen molar-refractivity contribution in [1.29, 1.82) is 5.26 Å². The number of carbonyl (C=O) groups excluding carboxylic acids is 1. The number of rotatable bonds is 6. The number of nitrogens with zero attached hydrogens (tertiary/aromatic N) is 1. The van der Waals surface area contributed by atoms with Crippen LogP contribution in [0.25, 0.3) is 0 Å². The van der Waals surface area contributed by atoms with Crippen molar-refractivity contribution in [1.82, 2.24) is 5.32 Å². The molecule has 0 radical (unpaired) electrons. The quantitative estimate of drug-likeness (QED) is 0.793. The zero-order valence-corrected chi connectivity index (χ0v) is 12.7. The van der Waals surface area contributed by atoms with E-state index < -0.39 is 5.41 Å². The highest BCUT2D eigenvalue weighted by atomic mass is 16.2. The van der Waals surface area contributed by atoms with E-state index in [0.29, 0.717) is 12.8 Å². The van der Waals surface area contributed by atoms with Gasteiger partial charge in [0.1, 0.15) is 5.41 Å². The average Bonchev–Trinajstić information content (AvgIpc) is 2.44. The van der Waals surface area contributed by atoms with E-state index in [2.05, 4.69) is 18.3 Å². The Bertz CT molecular complexity index is 320. The molecule has 0 aromatic carbocycles. The van der Waals surface area contributed by atoms with Crippen molar-refractivity contribution in [2.75, 3.05) is 0 Å². The van der Waals surface area contributed by atoms with Gasteiger partial charge in [-0.2, -0.15) is 5.26 Å². The van der Waals surface area contributed by atoms with Gasteiger partial charge in [-0.3, -0.25) is 4.79 Å². The lowest BCUT2D eigenvalue weighted by Crippen LogP contribution is -2.45. The number of hydrogen-bond donors (Lipinski definition) is 1. The summed E-state index contributed by atoms with van der Waals surface area (Å²) in [5.74, 6) is 0.787. The summed E-state index contributed by atoms with van der Waals surface area (Å²) in [6, 6.07) is 2.51. The minimum absolute atomic E-state index is 0.0565. The average molecular weight is 264 g/mol. The first kappa shape index (κ1) is 16.0. The third-order valence-electron chi connectivity index (χ3n) is 4.73. The van der Waals surface area contributed by atoms with Gasteiger partial charge in [-0.25, -0.2) is 0 Å². The molecule has 0 unspecified atom stereocenters. The summed E-state index contributed by atoms with van der Waals surface area (Å²) >= 11 is 0. The first-order chi connectivity index (χ1) is 9.11. The van der Waals surface area contributed by atoms with Crippen LogP contribution in [0, 0.1) is 22.7 Å². The first-order valence-corrected chi connectivity index (χ1v) is 7.84. The second kappa shape index (κ2) is 7.53. The van der Waals surface area contributed by atoms with Gasteiger partial charge in [0.2, 0.25) is 5.91 Å². The Morgan fingerprint density at radius 3 is 2.21 bits per heavy atom. The molecule has 1 aliphatic rings. The Morgan fingerprint density at radius 2 is 1.79 bits per heavy atom. The summed E-state index contributed by atoms with van der Waals surface area (Å²) in [6.07, 6.45) is 8.34. The van der Waals surface area contributed by atoms with Gasteiger partial charge in [0, 0.05) is 6.04 Å². The van der Waals surface area contributed by atoms with Gasteiger partial charge in [-0.1, -0.05) is 33.6 Å². The van der Waals surface area contributed by atoms with Gasteiger partial charge in [-0.15, -0.1) is 0 Å². The van der Waals surface area contributed by atoms with Crippen LogP contribution in [-0.4, -0.2) is 11.9 Å². The molecule has 0 bridgehead atoms. The van der Waals surface area contributed by atoms with E-state index in [4.69, 9.17) is 0 Å². The highest BCUT2D eigenvalue weighted by Crippen LogP contribution is 2.30. The molecule has 1 N–H and O–H groups in total. The van der Waals surface area contributed by atoms with Crippen LogP contribution in [0.4, 0.5) is 0 Å². The molecule has 3 nitrogen and oxygen atoms in total. The van der Waals surface area contributed by atoms with E-state index in [1.54, 1.807) is 0 Å². The molecule has 0 aromatic rings. The lowest BCUT2D eigenvalue weighted by Gasteiger charge is -2.31. The van der Waals surface area contributed by atoms with Gasteiger partial charge >= 0.3 is 0 Å². The van der Waals surface area contributed by atoms with Crippen molar-refractivity contribution >= 4 is 5.91 Å². The number of amides is 1. The Kier molecular flexibility index (Phi) is 6.34. The number of nitrogens with one attached hydrogen (secondary N) is 1. The van der Waals surface area contributed by atoms with Gasteiger partial charge in [0.25, 0.3) is 0 Å². The molecule has 0 aromatic heterocycles. The molecule has 0 spiro atoms. The fourth-order valence-corrected chi connectivity index (χ4v) is 3.11. The predicted molar refractivity (Wildman–Crippen MR) is 77.4 cm³/mol. The minimum Gasteiger partial charge on any atom is -0.352 e. The monoisotopic (exact) mass is 264 g/mol. The maximum Gasteiger partial charge on any atom is 0.240 e. The summed E-state index contributed by atoms with van der Waals surface area (Å²) in [7, 11) is 0. The van der Waals surface area contributed by atoms with Crippen LogP contribution in [-0.2, 0) is 4.79 Å². The summed E-state index contributed by atoms with van der Waals surface area (Å²) in [6.45, 7) is 6.08. The van der Waals surface area contributed by atoms with Crippen LogP contribution < -0.4 is 5.32 Å². The zero-order valence-electron chi connectivity index (χ0n) is 12.7. The predicted octanol–water partition coefficient (Wildman–Crippen LogP) is 3.79. The van der Waals surface area contributed by atoms with Crippen molar-refractivity contribution in [3.63, 3.8) is 0 Å². The third kappa shape index (κ3) is 3.96. The van der Waals surface area contributed by atoms with Gasteiger partial charge in [0.05, 0.1) is 6.07 Å². The smallest absolute Gasteiger partial charge is 0.240 e. The molecule has 1 fully saturated rings. The summed E-state index contributed by atoms with van der Waals surface area (Å²) < 4.78 is 0. The highest BCUT2D eigenvalue weighted by Gasteiger charge is 2.36. The Morgan fingerprint density at radius 1 is 1.21 bits per heavy atom. The van der Waals surface area contributed by atoms with E-state index in [1.807, 2.05) is 13.8 Å². The maximum atomic E-state index is 12.3. The molecular formula is C16H28N2O. The minimum atomic E-state index is -0.819. The van der Waals surface area contributed by atoms with E-state index in [0.717, 1.165) is 18.8 Å². The molecule has 1 saturated carbocycles. The molecule has 0 saturated heterocycles. The van der Waals surface area contributed by atoms with Crippen molar-refractivity contribution in [2.24, 2.45) is 11.3 Å². The van der Waals surface area contributed by atoms with Crippen LogP contribution in [0.2, 0.25) is 0 Å². The van der Waals surface area contributed by atoms with Gasteiger partial charge in [0.15, 0.2) is 0 Å². The van der Waals surface area contributed by atoms with Crippen LogP contribution in [0.15, 0.2) is 0 Å². The lowest BCUT2D eigenvalue weighted by molar-refractivity contribution is -0.129. The van der Waals surface area contributed by atoms with Gasteiger partial charge < -0.3 is 5.32 Å². The topological polar surface area (TPSA) is 52.9 Å². The second-order valence-corrected chi connectivity index (χ2v) is 5.88. The largest absolute Gasteiger partial charge is 0.352 e. The highest BCUT2D eigenvalue weighted by molar-refractivity contribution is 5.85. The first-order valence-electron chi connectivity index (χ1n) is 7.84. The fourth-order valence-electron chi connectivity index (χ4n) is 3.11. The number of hydrogen-bond acceptors (Lipinski definition) is 2. The molecule has 108 valence electrons. The van der Waals surface area contributed by atoms with E-state index >= 15 is 0 Å². The fraction of sp³-hybridized carbons (Fsp3) is 0.875. The Balaban J connectivity index is 2.48. The van der Waals surface area contributed by atoms with E-state index in [1.165, 1.54) is 25.7 Å². The van der Waals surface area contributed by atoms with Gasteiger partial charge in [-0.05, 0) is 44.4 Å². The molecule has 3 heteroatoms. The maximum absolute atomic E-state index is 12.3. The molecule has 19 heavy (non-hydrogen) atoms. The number of carbonyl (C=O) groups is 1. The summed E-state index contributed by atoms with van der Waals surface area (Å²) in [5, 5.41) is 12.4. The van der Waals surface area contributed by atoms with Crippen molar-refractivity contribution < 1.29 is 4.79 Å². The third-order valence-corrected chi connectivity index (χ3v) is 4.73. The Labute approximate surface area is 117 Å². The van der Waals surface area contributed by atoms with E-state index in [-0.39, 0.29) is 11.9 Å². The molecule has 0 atom stereocenters. The van der Waals surface area contributed by atoms with Crippen LogP contribution in [0.1, 0.15) is 72.1 Å². The molecule has 1 aliphatic carbocycles. The molecule has 1 amide bonds.